The molecule has 0 saturated carbocycles. The molecule has 4 nitrogen and oxygen atoms in total. The van der Waals surface area contributed by atoms with Crippen molar-refractivity contribution in [1.82, 2.24) is 19.5 Å². The van der Waals surface area contributed by atoms with Gasteiger partial charge in [-0.05, 0) is 107 Å². The highest BCUT2D eigenvalue weighted by atomic mass is 15.0. The highest BCUT2D eigenvalue weighted by molar-refractivity contribution is 6.11. The first-order chi connectivity index (χ1) is 33.9. The molecular formula is C65H48N4. The molecule has 11 rings (SSSR count). The van der Waals surface area contributed by atoms with Crippen LogP contribution in [0.15, 0.2) is 243 Å². The average molecular weight is 885 g/mol. The number of rotatable bonds is 11. The molecule has 0 atom stereocenters. The smallest absolute Gasteiger partial charge is 0.164 e. The number of benzene rings is 9. The Labute approximate surface area is 403 Å². The van der Waals surface area contributed by atoms with Crippen molar-refractivity contribution in [2.75, 3.05) is 0 Å². The predicted octanol–water partition coefficient (Wildman–Crippen LogP) is 16.7. The van der Waals surface area contributed by atoms with E-state index in [1.54, 1.807) is 0 Å². The van der Waals surface area contributed by atoms with Gasteiger partial charge in [-0.3, -0.25) is 0 Å². The van der Waals surface area contributed by atoms with Crippen LogP contribution in [0.2, 0.25) is 0 Å². The van der Waals surface area contributed by atoms with Crippen LogP contribution in [0, 0.1) is 13.8 Å². The second kappa shape index (κ2) is 18.7. The second-order valence-corrected chi connectivity index (χ2v) is 17.5. The van der Waals surface area contributed by atoms with Gasteiger partial charge in [0.15, 0.2) is 17.5 Å². The van der Waals surface area contributed by atoms with Crippen LogP contribution in [0.3, 0.4) is 0 Å². The maximum Gasteiger partial charge on any atom is 0.164 e. The van der Waals surface area contributed by atoms with Crippen LogP contribution in [0.25, 0.3) is 101 Å². The predicted molar refractivity (Wildman–Crippen MR) is 290 cm³/mol. The molecule has 0 fully saturated rings. The van der Waals surface area contributed by atoms with Crippen molar-refractivity contribution in [3.05, 3.63) is 271 Å². The molecule has 0 saturated heterocycles. The van der Waals surface area contributed by atoms with Crippen LogP contribution in [0.5, 0.6) is 0 Å². The van der Waals surface area contributed by atoms with Gasteiger partial charge in [0.1, 0.15) is 0 Å². The molecule has 2 aromatic heterocycles. The number of allylic oxidation sites excluding steroid dienone is 4. The Bertz CT molecular complexity index is 3580. The summed E-state index contributed by atoms with van der Waals surface area (Å²) >= 11 is 0. The molecule has 4 heteroatoms. The van der Waals surface area contributed by atoms with Crippen molar-refractivity contribution < 1.29 is 0 Å². The lowest BCUT2D eigenvalue weighted by Crippen LogP contribution is -2.04. The Morgan fingerprint density at radius 1 is 0.420 bits per heavy atom. The Kier molecular flexibility index (Phi) is 11.6. The van der Waals surface area contributed by atoms with Gasteiger partial charge in [-0.1, -0.05) is 212 Å². The molecule has 0 N–H and O–H groups in total. The Morgan fingerprint density at radius 3 is 1.38 bits per heavy atom. The third-order valence-corrected chi connectivity index (χ3v) is 12.7. The van der Waals surface area contributed by atoms with Crippen molar-refractivity contribution in [2.24, 2.45) is 0 Å². The number of aromatic nitrogens is 4. The number of hydrogen-bond donors (Lipinski definition) is 0. The van der Waals surface area contributed by atoms with E-state index in [4.69, 9.17) is 15.0 Å². The minimum atomic E-state index is 0.536. The maximum absolute atomic E-state index is 5.34. The first-order valence-corrected chi connectivity index (χ1v) is 23.4. The molecule has 0 bridgehead atoms. The van der Waals surface area contributed by atoms with Gasteiger partial charge in [0.2, 0.25) is 0 Å². The monoisotopic (exact) mass is 884 g/mol. The molecule has 0 unspecified atom stereocenters. The van der Waals surface area contributed by atoms with Gasteiger partial charge >= 0.3 is 0 Å². The third kappa shape index (κ3) is 8.75. The molecule has 0 aliphatic rings. The molecule has 2 heterocycles. The summed E-state index contributed by atoms with van der Waals surface area (Å²) in [5, 5.41) is 2.45. The van der Waals surface area contributed by atoms with Crippen molar-refractivity contribution in [2.45, 2.75) is 13.8 Å². The largest absolute Gasteiger partial charge is 0.308 e. The third-order valence-electron chi connectivity index (χ3n) is 12.7. The average Bonchev–Trinajstić information content (AvgIpc) is 3.72. The fraction of sp³-hybridized carbons (Fsp3) is 0.0308. The Morgan fingerprint density at radius 2 is 0.855 bits per heavy atom. The first kappa shape index (κ1) is 42.6. The fourth-order valence-electron chi connectivity index (χ4n) is 9.29. The minimum Gasteiger partial charge on any atom is -0.308 e. The SMILES string of the molecule is C=C(/C=C(\C=C\c1nc(-c2ccc(-c3ccccc3)cc2)nc(-c2cc(-c3ccccc3)c(-n3c4ccc(C)cc4c4cc(C)ccc43)c(-c3ccccc3)c2)n1)c1ccccc1)c1ccccc1. The number of hydrogen-bond acceptors (Lipinski definition) is 3. The van der Waals surface area contributed by atoms with E-state index in [9.17, 15) is 0 Å². The van der Waals surface area contributed by atoms with Gasteiger partial charge in [0, 0.05) is 33.0 Å². The molecule has 0 spiro atoms. The zero-order valence-corrected chi connectivity index (χ0v) is 38.6. The summed E-state index contributed by atoms with van der Waals surface area (Å²) in [6, 6.07) is 79.1. The summed E-state index contributed by atoms with van der Waals surface area (Å²) in [6.07, 6.45) is 6.21. The van der Waals surface area contributed by atoms with E-state index in [0.29, 0.717) is 17.5 Å². The minimum absolute atomic E-state index is 0.536. The summed E-state index contributed by atoms with van der Waals surface area (Å²) in [5.41, 5.74) is 18.2. The highest BCUT2D eigenvalue weighted by Gasteiger charge is 2.23. The Balaban J connectivity index is 1.15. The molecule has 69 heavy (non-hydrogen) atoms. The maximum atomic E-state index is 5.34. The number of nitrogens with zero attached hydrogens (tertiary/aromatic N) is 4. The van der Waals surface area contributed by atoms with Gasteiger partial charge in [-0.2, -0.15) is 0 Å². The topological polar surface area (TPSA) is 43.6 Å². The zero-order chi connectivity index (χ0) is 46.7. The number of fused-ring (bicyclic) bond motifs is 3. The molecule has 0 aliphatic heterocycles. The highest BCUT2D eigenvalue weighted by Crippen LogP contribution is 2.44. The molecule has 0 radical (unpaired) electrons. The normalized spacial score (nSPS) is 11.7. The van der Waals surface area contributed by atoms with E-state index in [1.807, 2.05) is 36.4 Å². The molecule has 0 aliphatic carbocycles. The van der Waals surface area contributed by atoms with E-state index in [1.165, 1.54) is 21.9 Å². The summed E-state index contributed by atoms with van der Waals surface area (Å²) in [4.78, 5) is 15.8. The van der Waals surface area contributed by atoms with Crippen molar-refractivity contribution in [3.8, 4) is 61.8 Å². The fourth-order valence-corrected chi connectivity index (χ4v) is 9.29. The van der Waals surface area contributed by atoms with Crippen LogP contribution in [-0.2, 0) is 0 Å². The van der Waals surface area contributed by atoms with E-state index in [0.717, 1.165) is 83.5 Å². The lowest BCUT2D eigenvalue weighted by atomic mass is 9.92. The molecular weight excluding hydrogens is 837 g/mol. The van der Waals surface area contributed by atoms with Gasteiger partial charge in [0.25, 0.3) is 0 Å². The van der Waals surface area contributed by atoms with Crippen LogP contribution < -0.4 is 0 Å². The van der Waals surface area contributed by atoms with Gasteiger partial charge in [0.05, 0.1) is 16.7 Å². The van der Waals surface area contributed by atoms with Crippen molar-refractivity contribution >= 4 is 39.0 Å². The quantitative estimate of drug-likeness (QED) is 0.122. The lowest BCUT2D eigenvalue weighted by molar-refractivity contribution is 1.04. The van der Waals surface area contributed by atoms with E-state index < -0.39 is 0 Å². The molecule has 328 valence electrons. The molecule has 11 aromatic rings. The summed E-state index contributed by atoms with van der Waals surface area (Å²) in [7, 11) is 0. The van der Waals surface area contributed by atoms with Crippen LogP contribution in [0.1, 0.15) is 28.1 Å². The van der Waals surface area contributed by atoms with Crippen molar-refractivity contribution in [1.29, 1.82) is 0 Å². The van der Waals surface area contributed by atoms with E-state index >= 15 is 0 Å². The summed E-state index contributed by atoms with van der Waals surface area (Å²) in [5.74, 6) is 1.69. The Hall–Kier alpha value is -8.99. The van der Waals surface area contributed by atoms with Gasteiger partial charge in [-0.25, -0.2) is 15.0 Å². The molecule has 0 amide bonds. The second-order valence-electron chi connectivity index (χ2n) is 17.5. The van der Waals surface area contributed by atoms with E-state index in [-0.39, 0.29) is 0 Å². The first-order valence-electron chi connectivity index (χ1n) is 23.4. The zero-order valence-electron chi connectivity index (χ0n) is 38.6. The van der Waals surface area contributed by atoms with Gasteiger partial charge in [-0.15, -0.1) is 0 Å². The van der Waals surface area contributed by atoms with Crippen molar-refractivity contribution in [3.63, 3.8) is 0 Å². The summed E-state index contributed by atoms with van der Waals surface area (Å²) in [6.45, 7) is 8.80. The summed E-state index contributed by atoms with van der Waals surface area (Å²) < 4.78 is 2.46. The van der Waals surface area contributed by atoms with Crippen LogP contribution >= 0.6 is 0 Å². The van der Waals surface area contributed by atoms with Crippen LogP contribution in [-0.4, -0.2) is 19.5 Å². The lowest BCUT2D eigenvalue weighted by Gasteiger charge is -2.21. The van der Waals surface area contributed by atoms with Crippen LogP contribution in [0.4, 0.5) is 0 Å². The van der Waals surface area contributed by atoms with E-state index in [2.05, 4.69) is 231 Å². The molecule has 9 aromatic carbocycles. The van der Waals surface area contributed by atoms with Gasteiger partial charge < -0.3 is 4.57 Å². The number of aryl methyl sites for hydroxylation is 2. The standard InChI is InChI=1S/C65H48N4/c1-44-29-36-60-58(39-44)59-40-45(2)30-37-61(59)69(60)63-56(51-25-15-7-16-26-51)42-55(43-57(63)52-27-17-8-18-28-52)65-67-62(66-64(68-65)53-33-31-50(32-34-53)48-21-11-5-12-22-48)38-35-54(49-23-13-6-14-24-49)41-46(3)47-19-9-4-10-20-47/h4-43H,3H2,1-2H3/b38-35+,54-41+.